The van der Waals surface area contributed by atoms with E-state index in [-0.39, 0.29) is 24.7 Å². The van der Waals surface area contributed by atoms with Gasteiger partial charge in [-0.3, -0.25) is 4.79 Å². The van der Waals surface area contributed by atoms with Gasteiger partial charge in [-0.15, -0.1) is 12.4 Å². The number of imidazole rings is 1. The minimum Gasteiger partial charge on any atom is -0.481 e. The standard InChI is InChI=1S/C17H14BrClN2O2.ClH/c18-12-3-6-14-15(9-12)21-16(20-14)7-11(8-17(22)23)10-1-4-13(19)5-2-10;/h1-6,9,11H,7-8H2,(H,20,21)(H,22,23);1H. The highest BCUT2D eigenvalue weighted by molar-refractivity contribution is 9.10. The Balaban J connectivity index is 0.00000208. The molecule has 0 fully saturated rings. The Labute approximate surface area is 158 Å². The number of fused-ring (bicyclic) bond motifs is 1. The summed E-state index contributed by atoms with van der Waals surface area (Å²) in [5.41, 5.74) is 2.74. The third kappa shape index (κ3) is 4.50. The summed E-state index contributed by atoms with van der Waals surface area (Å²) >= 11 is 9.34. The first-order chi connectivity index (χ1) is 11.0. The van der Waals surface area contributed by atoms with E-state index in [9.17, 15) is 9.90 Å². The Bertz CT molecular complexity index is 849. The van der Waals surface area contributed by atoms with E-state index in [0.29, 0.717) is 11.4 Å². The highest BCUT2D eigenvalue weighted by Crippen LogP contribution is 2.26. The summed E-state index contributed by atoms with van der Waals surface area (Å²) in [7, 11) is 0. The molecule has 1 heterocycles. The van der Waals surface area contributed by atoms with E-state index >= 15 is 0 Å². The Kier molecular flexibility index (Phi) is 6.27. The van der Waals surface area contributed by atoms with Crippen LogP contribution in [0, 0.1) is 0 Å². The Morgan fingerprint density at radius 3 is 2.62 bits per heavy atom. The second-order valence-corrected chi connectivity index (χ2v) is 6.75. The molecule has 1 atom stereocenters. The first-order valence-electron chi connectivity index (χ1n) is 7.12. The maximum Gasteiger partial charge on any atom is 0.303 e. The molecule has 0 saturated heterocycles. The molecular weight excluding hydrogens is 415 g/mol. The van der Waals surface area contributed by atoms with E-state index in [1.165, 1.54) is 0 Å². The lowest BCUT2D eigenvalue weighted by Gasteiger charge is -2.14. The average Bonchev–Trinajstić information content (AvgIpc) is 2.88. The molecule has 0 aliphatic carbocycles. The molecular formula is C17H15BrCl2N2O2. The molecule has 0 radical (unpaired) electrons. The van der Waals surface area contributed by atoms with Gasteiger partial charge in [0.05, 0.1) is 17.5 Å². The number of halogens is 3. The van der Waals surface area contributed by atoms with Crippen molar-refractivity contribution in [3.8, 4) is 0 Å². The number of nitrogens with zero attached hydrogens (tertiary/aromatic N) is 1. The fourth-order valence-electron chi connectivity index (χ4n) is 2.62. The monoisotopic (exact) mass is 428 g/mol. The summed E-state index contributed by atoms with van der Waals surface area (Å²) in [6.07, 6.45) is 0.572. The molecule has 0 saturated carbocycles. The van der Waals surface area contributed by atoms with Crippen LogP contribution in [0.4, 0.5) is 0 Å². The molecule has 2 aromatic carbocycles. The average molecular weight is 430 g/mol. The zero-order valence-corrected chi connectivity index (χ0v) is 15.7. The lowest BCUT2D eigenvalue weighted by molar-refractivity contribution is -0.137. The number of aromatic amines is 1. The number of rotatable bonds is 5. The van der Waals surface area contributed by atoms with Gasteiger partial charge in [-0.1, -0.05) is 39.7 Å². The summed E-state index contributed by atoms with van der Waals surface area (Å²) in [5, 5.41) is 9.83. The molecule has 3 rings (SSSR count). The van der Waals surface area contributed by atoms with Crippen LogP contribution < -0.4 is 0 Å². The molecule has 7 heteroatoms. The highest BCUT2D eigenvalue weighted by atomic mass is 79.9. The third-order valence-corrected chi connectivity index (χ3v) is 4.44. The van der Waals surface area contributed by atoms with Crippen LogP contribution in [0.25, 0.3) is 11.0 Å². The fourth-order valence-corrected chi connectivity index (χ4v) is 3.09. The van der Waals surface area contributed by atoms with Crippen molar-refractivity contribution in [1.29, 1.82) is 0 Å². The predicted molar refractivity (Wildman–Crippen MR) is 101 cm³/mol. The number of nitrogens with one attached hydrogen (secondary N) is 1. The third-order valence-electron chi connectivity index (χ3n) is 3.70. The Morgan fingerprint density at radius 2 is 1.96 bits per heavy atom. The van der Waals surface area contributed by atoms with Gasteiger partial charge in [0.2, 0.25) is 0 Å². The van der Waals surface area contributed by atoms with E-state index in [1.807, 2.05) is 30.3 Å². The maximum absolute atomic E-state index is 11.2. The van der Waals surface area contributed by atoms with Crippen molar-refractivity contribution in [2.24, 2.45) is 0 Å². The zero-order chi connectivity index (χ0) is 16.4. The summed E-state index contributed by atoms with van der Waals surface area (Å²) in [5.74, 6) is -0.211. The Morgan fingerprint density at radius 1 is 1.25 bits per heavy atom. The highest BCUT2D eigenvalue weighted by Gasteiger charge is 2.18. The molecule has 3 aromatic rings. The van der Waals surface area contributed by atoms with Crippen molar-refractivity contribution < 1.29 is 9.90 Å². The van der Waals surface area contributed by atoms with Crippen LogP contribution in [0.2, 0.25) is 5.02 Å². The normalized spacial score (nSPS) is 11.9. The van der Waals surface area contributed by atoms with Crippen molar-refractivity contribution in [2.75, 3.05) is 0 Å². The predicted octanol–water partition coefficient (Wildman–Crippen LogP) is 5.20. The van der Waals surface area contributed by atoms with Gasteiger partial charge in [0.1, 0.15) is 5.82 Å². The number of hydrogen-bond donors (Lipinski definition) is 2. The molecule has 0 bridgehead atoms. The van der Waals surface area contributed by atoms with Crippen LogP contribution in [-0.4, -0.2) is 21.0 Å². The molecule has 0 spiro atoms. The smallest absolute Gasteiger partial charge is 0.303 e. The largest absolute Gasteiger partial charge is 0.481 e. The zero-order valence-electron chi connectivity index (χ0n) is 12.5. The van der Waals surface area contributed by atoms with Crippen molar-refractivity contribution >= 4 is 56.9 Å². The van der Waals surface area contributed by atoms with Gasteiger partial charge in [-0.05, 0) is 35.9 Å². The molecule has 1 unspecified atom stereocenters. The summed E-state index contributed by atoms with van der Waals surface area (Å²) in [6.45, 7) is 0. The SMILES string of the molecule is Cl.O=C(O)CC(Cc1nc2cc(Br)ccc2[nH]1)c1ccc(Cl)cc1. The van der Waals surface area contributed by atoms with E-state index in [0.717, 1.165) is 26.9 Å². The van der Waals surface area contributed by atoms with Gasteiger partial charge in [-0.2, -0.15) is 0 Å². The number of carbonyl (C=O) groups is 1. The van der Waals surface area contributed by atoms with Crippen molar-refractivity contribution in [2.45, 2.75) is 18.8 Å². The summed E-state index contributed by atoms with van der Waals surface area (Å²) < 4.78 is 0.961. The number of aromatic nitrogens is 2. The van der Waals surface area contributed by atoms with E-state index in [4.69, 9.17) is 11.6 Å². The topological polar surface area (TPSA) is 66.0 Å². The minimum atomic E-state index is -0.830. The molecule has 1 aromatic heterocycles. The van der Waals surface area contributed by atoms with Crippen molar-refractivity contribution in [3.05, 3.63) is 63.3 Å². The van der Waals surface area contributed by atoms with Crippen molar-refractivity contribution in [1.82, 2.24) is 9.97 Å². The van der Waals surface area contributed by atoms with Crippen LogP contribution >= 0.6 is 39.9 Å². The van der Waals surface area contributed by atoms with Crippen molar-refractivity contribution in [3.63, 3.8) is 0 Å². The van der Waals surface area contributed by atoms with Gasteiger partial charge in [0.25, 0.3) is 0 Å². The number of carboxylic acid groups (broad SMARTS) is 1. The van der Waals surface area contributed by atoms with E-state index in [1.54, 1.807) is 12.1 Å². The lowest BCUT2D eigenvalue weighted by atomic mass is 9.92. The molecule has 126 valence electrons. The molecule has 2 N–H and O–H groups in total. The Hall–Kier alpha value is -1.56. The van der Waals surface area contributed by atoms with Gasteiger partial charge in [0, 0.05) is 21.8 Å². The summed E-state index contributed by atoms with van der Waals surface area (Å²) in [4.78, 5) is 19.0. The van der Waals surface area contributed by atoms with Crippen LogP contribution in [0.15, 0.2) is 46.9 Å². The van der Waals surface area contributed by atoms with Gasteiger partial charge in [0.15, 0.2) is 0 Å². The van der Waals surface area contributed by atoms with Gasteiger partial charge < -0.3 is 10.1 Å². The van der Waals surface area contributed by atoms with Crippen LogP contribution in [0.3, 0.4) is 0 Å². The number of H-pyrrole nitrogens is 1. The van der Waals surface area contributed by atoms with Gasteiger partial charge in [-0.25, -0.2) is 4.98 Å². The fraction of sp³-hybridized carbons (Fsp3) is 0.176. The number of benzene rings is 2. The molecule has 24 heavy (non-hydrogen) atoms. The molecule has 0 aliphatic heterocycles. The lowest BCUT2D eigenvalue weighted by Crippen LogP contribution is -2.10. The molecule has 0 amide bonds. The van der Waals surface area contributed by atoms with E-state index in [2.05, 4.69) is 25.9 Å². The second kappa shape index (κ2) is 8.01. The number of aliphatic carboxylic acids is 1. The van der Waals surface area contributed by atoms with Crippen LogP contribution in [-0.2, 0) is 11.2 Å². The van der Waals surface area contributed by atoms with E-state index < -0.39 is 5.97 Å². The van der Waals surface area contributed by atoms with Crippen LogP contribution in [0.1, 0.15) is 23.7 Å². The maximum atomic E-state index is 11.2. The first-order valence-corrected chi connectivity index (χ1v) is 8.30. The molecule has 0 aliphatic rings. The quantitative estimate of drug-likeness (QED) is 0.585. The second-order valence-electron chi connectivity index (χ2n) is 5.40. The minimum absolute atomic E-state index is 0. The van der Waals surface area contributed by atoms with Gasteiger partial charge >= 0.3 is 5.97 Å². The van der Waals surface area contributed by atoms with Crippen LogP contribution in [0.5, 0.6) is 0 Å². The summed E-state index contributed by atoms with van der Waals surface area (Å²) in [6, 6.07) is 13.1. The first kappa shape index (κ1) is 18.8. The molecule has 4 nitrogen and oxygen atoms in total. The number of hydrogen-bond acceptors (Lipinski definition) is 2. The number of carboxylic acids is 1.